The summed E-state index contributed by atoms with van der Waals surface area (Å²) in [5.74, 6) is 5.99. The van der Waals surface area contributed by atoms with Gasteiger partial charge in [-0.15, -0.1) is 23.7 Å². The normalized spacial score (nSPS) is 9.82. The summed E-state index contributed by atoms with van der Waals surface area (Å²) >= 11 is 7.48. The first-order valence-corrected chi connectivity index (χ1v) is 6.23. The highest BCUT2D eigenvalue weighted by atomic mass is 35.5. The summed E-state index contributed by atoms with van der Waals surface area (Å²) in [6, 6.07) is 9.82. The molecule has 17 heavy (non-hydrogen) atoms. The maximum absolute atomic E-state index is 5.99. The van der Waals surface area contributed by atoms with Crippen molar-refractivity contribution in [2.24, 2.45) is 5.84 Å². The van der Waals surface area contributed by atoms with Crippen molar-refractivity contribution in [3.8, 4) is 0 Å². The Labute approximate surface area is 116 Å². The summed E-state index contributed by atoms with van der Waals surface area (Å²) < 4.78 is 0. The third kappa shape index (κ3) is 3.89. The molecule has 2 nitrogen and oxygen atoms in total. The number of anilines is 1. The molecule has 0 aliphatic rings. The van der Waals surface area contributed by atoms with E-state index in [0.29, 0.717) is 6.54 Å². The molecule has 0 aliphatic heterocycles. The lowest BCUT2D eigenvalue weighted by atomic mass is 10.2. The van der Waals surface area contributed by atoms with Crippen LogP contribution in [-0.4, -0.2) is 0 Å². The number of nitrogens with two attached hydrogens (primary N) is 1. The third-order valence-corrected chi connectivity index (χ3v) is 3.60. The van der Waals surface area contributed by atoms with E-state index in [4.69, 9.17) is 17.4 Å². The average Bonchev–Trinajstić information content (AvgIpc) is 2.68. The molecule has 0 atom stereocenters. The molecule has 1 heterocycles. The SMILES string of the molecule is Cc1csc(N(N)Cc2ccc(Cl)cc2)c1.Cl. The van der Waals surface area contributed by atoms with Gasteiger partial charge in [-0.1, -0.05) is 23.7 Å². The molecule has 1 aromatic heterocycles. The Hall–Kier alpha value is -0.740. The second-order valence-electron chi connectivity index (χ2n) is 3.72. The first-order chi connectivity index (χ1) is 7.65. The molecule has 0 saturated carbocycles. The Balaban J connectivity index is 0.00000144. The molecule has 0 amide bonds. The Morgan fingerprint density at radius 2 is 1.94 bits per heavy atom. The highest BCUT2D eigenvalue weighted by Gasteiger charge is 2.04. The van der Waals surface area contributed by atoms with Crippen molar-refractivity contribution in [2.75, 3.05) is 5.01 Å². The minimum Gasteiger partial charge on any atom is -0.297 e. The molecule has 1 aromatic carbocycles. The van der Waals surface area contributed by atoms with Gasteiger partial charge in [-0.25, -0.2) is 5.84 Å². The highest BCUT2D eigenvalue weighted by Crippen LogP contribution is 2.23. The Kier molecular flexibility index (Phi) is 5.28. The maximum Gasteiger partial charge on any atom is 0.106 e. The smallest absolute Gasteiger partial charge is 0.106 e. The van der Waals surface area contributed by atoms with Gasteiger partial charge in [0.2, 0.25) is 0 Å². The molecule has 0 aliphatic carbocycles. The first-order valence-electron chi connectivity index (χ1n) is 4.97. The first kappa shape index (κ1) is 14.3. The van der Waals surface area contributed by atoms with Crippen LogP contribution in [0.4, 0.5) is 5.00 Å². The number of halogens is 2. The summed E-state index contributed by atoms with van der Waals surface area (Å²) in [5.41, 5.74) is 2.39. The number of hydrogen-bond donors (Lipinski definition) is 1. The van der Waals surface area contributed by atoms with Gasteiger partial charge in [0.15, 0.2) is 0 Å². The van der Waals surface area contributed by atoms with Crippen LogP contribution in [-0.2, 0) is 6.54 Å². The van der Waals surface area contributed by atoms with Gasteiger partial charge in [0, 0.05) is 5.02 Å². The van der Waals surface area contributed by atoms with E-state index in [2.05, 4.69) is 18.4 Å². The monoisotopic (exact) mass is 288 g/mol. The zero-order chi connectivity index (χ0) is 11.5. The topological polar surface area (TPSA) is 29.3 Å². The molecule has 2 rings (SSSR count). The number of rotatable bonds is 3. The Morgan fingerprint density at radius 3 is 2.47 bits per heavy atom. The molecule has 5 heteroatoms. The van der Waals surface area contributed by atoms with Gasteiger partial charge in [-0.3, -0.25) is 5.01 Å². The molecule has 92 valence electrons. The average molecular weight is 289 g/mol. The van der Waals surface area contributed by atoms with Gasteiger partial charge >= 0.3 is 0 Å². The largest absolute Gasteiger partial charge is 0.297 e. The lowest BCUT2D eigenvalue weighted by Gasteiger charge is -2.16. The maximum atomic E-state index is 5.99. The Bertz CT molecular complexity index is 468. The molecule has 0 bridgehead atoms. The predicted octanol–water partition coefficient (Wildman–Crippen LogP) is 4.01. The van der Waals surface area contributed by atoms with Crippen molar-refractivity contribution in [3.05, 3.63) is 51.9 Å². The van der Waals surface area contributed by atoms with E-state index in [1.54, 1.807) is 16.3 Å². The summed E-state index contributed by atoms with van der Waals surface area (Å²) in [4.78, 5) is 0. The van der Waals surface area contributed by atoms with E-state index in [-0.39, 0.29) is 12.4 Å². The fraction of sp³-hybridized carbons (Fsp3) is 0.167. The number of hydrogen-bond acceptors (Lipinski definition) is 3. The molecule has 0 saturated heterocycles. The van der Waals surface area contributed by atoms with Crippen LogP contribution < -0.4 is 10.9 Å². The van der Waals surface area contributed by atoms with Crippen LogP contribution >= 0.6 is 35.3 Å². The van der Waals surface area contributed by atoms with Gasteiger partial charge in [-0.2, -0.15) is 0 Å². The second-order valence-corrected chi connectivity index (χ2v) is 5.04. The Morgan fingerprint density at radius 1 is 1.29 bits per heavy atom. The van der Waals surface area contributed by atoms with E-state index >= 15 is 0 Å². The highest BCUT2D eigenvalue weighted by molar-refractivity contribution is 7.14. The van der Waals surface area contributed by atoms with Gasteiger partial charge in [0.1, 0.15) is 5.00 Å². The lowest BCUT2D eigenvalue weighted by Crippen LogP contribution is -2.29. The molecule has 2 N–H and O–H groups in total. The molecular weight excluding hydrogens is 275 g/mol. The van der Waals surface area contributed by atoms with Crippen LogP contribution in [0.5, 0.6) is 0 Å². The van der Waals surface area contributed by atoms with Gasteiger partial charge < -0.3 is 0 Å². The number of benzene rings is 1. The van der Waals surface area contributed by atoms with Crippen molar-refractivity contribution >= 4 is 40.3 Å². The lowest BCUT2D eigenvalue weighted by molar-refractivity contribution is 0.863. The van der Waals surface area contributed by atoms with Crippen molar-refractivity contribution in [1.29, 1.82) is 0 Å². The van der Waals surface area contributed by atoms with E-state index in [9.17, 15) is 0 Å². The fourth-order valence-corrected chi connectivity index (χ4v) is 2.39. The van der Waals surface area contributed by atoms with Gasteiger partial charge in [0.25, 0.3) is 0 Å². The van der Waals surface area contributed by atoms with Crippen molar-refractivity contribution in [3.63, 3.8) is 0 Å². The van der Waals surface area contributed by atoms with Crippen molar-refractivity contribution in [2.45, 2.75) is 13.5 Å². The van der Waals surface area contributed by atoms with Crippen molar-refractivity contribution in [1.82, 2.24) is 0 Å². The number of thiophene rings is 1. The minimum atomic E-state index is 0. The van der Waals surface area contributed by atoms with E-state index < -0.39 is 0 Å². The van der Waals surface area contributed by atoms with Crippen molar-refractivity contribution < 1.29 is 0 Å². The summed E-state index contributed by atoms with van der Waals surface area (Å²) in [6.07, 6.45) is 0. The molecule has 2 aromatic rings. The van der Waals surface area contributed by atoms with E-state index in [1.165, 1.54) is 5.56 Å². The minimum absolute atomic E-state index is 0. The van der Waals surface area contributed by atoms with Crippen LogP contribution in [0.15, 0.2) is 35.7 Å². The van der Waals surface area contributed by atoms with Crippen LogP contribution in [0.1, 0.15) is 11.1 Å². The molecule has 0 unspecified atom stereocenters. The van der Waals surface area contributed by atoms with E-state index in [1.807, 2.05) is 24.3 Å². The zero-order valence-electron chi connectivity index (χ0n) is 9.39. The van der Waals surface area contributed by atoms with E-state index in [0.717, 1.165) is 15.6 Å². The van der Waals surface area contributed by atoms with Gasteiger partial charge in [-0.05, 0) is 41.6 Å². The third-order valence-electron chi connectivity index (χ3n) is 2.27. The molecular formula is C12H14Cl2N2S. The fourth-order valence-electron chi connectivity index (χ4n) is 1.43. The number of aryl methyl sites for hydroxylation is 1. The van der Waals surface area contributed by atoms with Crippen LogP contribution in [0.2, 0.25) is 5.02 Å². The van der Waals surface area contributed by atoms with Gasteiger partial charge in [0.05, 0.1) is 6.54 Å². The second kappa shape index (κ2) is 6.26. The molecule has 0 spiro atoms. The molecule has 0 radical (unpaired) electrons. The van der Waals surface area contributed by atoms with Crippen LogP contribution in [0.25, 0.3) is 0 Å². The number of nitrogens with zero attached hydrogens (tertiary/aromatic N) is 1. The predicted molar refractivity (Wildman–Crippen MR) is 78.1 cm³/mol. The standard InChI is InChI=1S/C12H13ClN2S.ClH/c1-9-6-12(16-8-9)15(14)7-10-2-4-11(13)5-3-10;/h2-6,8H,7,14H2,1H3;1H. The van der Waals surface area contributed by atoms with Crippen LogP contribution in [0, 0.1) is 6.92 Å². The molecule has 0 fully saturated rings. The van der Waals surface area contributed by atoms with Crippen LogP contribution in [0.3, 0.4) is 0 Å². The summed E-state index contributed by atoms with van der Waals surface area (Å²) in [6.45, 7) is 2.76. The zero-order valence-corrected chi connectivity index (χ0v) is 11.8. The summed E-state index contributed by atoms with van der Waals surface area (Å²) in [5, 5.41) is 5.67. The summed E-state index contributed by atoms with van der Waals surface area (Å²) in [7, 11) is 0. The quantitative estimate of drug-likeness (QED) is 0.683. The number of hydrazine groups is 1.